The first-order valence-corrected chi connectivity index (χ1v) is 8.61. The molecule has 1 aromatic heterocycles. The fourth-order valence-electron chi connectivity index (χ4n) is 2.67. The summed E-state index contributed by atoms with van der Waals surface area (Å²) >= 11 is 0. The van der Waals surface area contributed by atoms with Crippen molar-refractivity contribution in [1.29, 1.82) is 0 Å². The monoisotopic (exact) mass is 362 g/mol. The lowest BCUT2D eigenvalue weighted by Crippen LogP contribution is -2.14. The summed E-state index contributed by atoms with van der Waals surface area (Å²) in [4.78, 5) is 21.0. The molecule has 0 fully saturated rings. The van der Waals surface area contributed by atoms with Gasteiger partial charge in [0.05, 0.1) is 0 Å². The van der Waals surface area contributed by atoms with Crippen LogP contribution in [0.4, 0.5) is 17.3 Å². The molecule has 0 saturated heterocycles. The molecule has 27 heavy (non-hydrogen) atoms. The van der Waals surface area contributed by atoms with E-state index < -0.39 is 0 Å². The van der Waals surface area contributed by atoms with Crippen LogP contribution in [-0.4, -0.2) is 22.7 Å². The summed E-state index contributed by atoms with van der Waals surface area (Å²) in [5, 5.41) is 5.91. The minimum absolute atomic E-state index is 0.187. The summed E-state index contributed by atoms with van der Waals surface area (Å²) in [6.07, 6.45) is 2.52. The van der Waals surface area contributed by atoms with E-state index in [2.05, 4.69) is 27.5 Å². The lowest BCUT2D eigenvalue weighted by atomic mass is 10.1. The van der Waals surface area contributed by atoms with Gasteiger partial charge < -0.3 is 20.1 Å². The van der Waals surface area contributed by atoms with E-state index in [0.29, 0.717) is 23.1 Å². The van der Waals surface area contributed by atoms with Crippen LogP contribution in [0.25, 0.3) is 0 Å². The summed E-state index contributed by atoms with van der Waals surface area (Å²) < 4.78 is 10.6. The summed E-state index contributed by atoms with van der Waals surface area (Å²) in [5.41, 5.74) is 2.97. The molecule has 136 valence electrons. The van der Waals surface area contributed by atoms with E-state index >= 15 is 0 Å². The molecular formula is C20H18N4O3. The number of nitrogens with zero attached hydrogens (tertiary/aromatic N) is 2. The molecule has 0 unspecified atom stereocenters. The van der Waals surface area contributed by atoms with Crippen LogP contribution in [0, 0.1) is 0 Å². The van der Waals surface area contributed by atoms with Gasteiger partial charge >= 0.3 is 0 Å². The second-order valence-electron chi connectivity index (χ2n) is 5.96. The zero-order chi connectivity index (χ0) is 18.6. The first-order chi connectivity index (χ1) is 13.2. The fourth-order valence-corrected chi connectivity index (χ4v) is 2.67. The summed E-state index contributed by atoms with van der Waals surface area (Å²) in [7, 11) is 0. The van der Waals surface area contributed by atoms with Crippen molar-refractivity contribution in [3.63, 3.8) is 0 Å². The average molecular weight is 362 g/mol. The van der Waals surface area contributed by atoms with E-state index in [0.717, 1.165) is 12.1 Å². The number of nitrogens with one attached hydrogen (secondary N) is 2. The lowest BCUT2D eigenvalue weighted by molar-refractivity contribution is 0.102. The van der Waals surface area contributed by atoms with Crippen LogP contribution in [0.1, 0.15) is 23.0 Å². The van der Waals surface area contributed by atoms with Gasteiger partial charge in [-0.15, -0.1) is 0 Å². The Morgan fingerprint density at radius 1 is 1.04 bits per heavy atom. The maximum atomic E-state index is 12.5. The number of amides is 1. The second-order valence-corrected chi connectivity index (χ2v) is 5.96. The molecule has 1 aliphatic rings. The number of benzene rings is 2. The first-order valence-electron chi connectivity index (χ1n) is 8.61. The van der Waals surface area contributed by atoms with Crippen LogP contribution in [-0.2, 0) is 6.42 Å². The van der Waals surface area contributed by atoms with Crippen molar-refractivity contribution < 1.29 is 14.3 Å². The number of fused-ring (bicyclic) bond motifs is 1. The molecule has 1 aliphatic heterocycles. The smallest absolute Gasteiger partial charge is 0.274 e. The molecule has 2 heterocycles. The third kappa shape index (κ3) is 3.82. The van der Waals surface area contributed by atoms with Crippen molar-refractivity contribution in [3.8, 4) is 11.5 Å². The van der Waals surface area contributed by atoms with E-state index in [1.807, 2.05) is 24.3 Å². The van der Waals surface area contributed by atoms with Gasteiger partial charge in [0.2, 0.25) is 12.7 Å². The fraction of sp³-hybridized carbons (Fsp3) is 0.150. The second kappa shape index (κ2) is 7.33. The van der Waals surface area contributed by atoms with Crippen LogP contribution in [0.2, 0.25) is 0 Å². The summed E-state index contributed by atoms with van der Waals surface area (Å²) in [6.45, 7) is 2.29. The highest BCUT2D eigenvalue weighted by Crippen LogP contribution is 2.34. The van der Waals surface area contributed by atoms with Crippen LogP contribution in [0.15, 0.2) is 54.7 Å². The molecule has 7 heteroatoms. The molecule has 7 nitrogen and oxygen atoms in total. The lowest BCUT2D eigenvalue weighted by Gasteiger charge is -2.08. The maximum Gasteiger partial charge on any atom is 0.274 e. The molecule has 0 radical (unpaired) electrons. The number of hydrogen-bond donors (Lipinski definition) is 2. The van der Waals surface area contributed by atoms with Crippen LogP contribution in [0.5, 0.6) is 11.5 Å². The maximum absolute atomic E-state index is 12.5. The highest BCUT2D eigenvalue weighted by molar-refractivity contribution is 6.03. The van der Waals surface area contributed by atoms with Crippen LogP contribution < -0.4 is 20.1 Å². The molecule has 0 bridgehead atoms. The van der Waals surface area contributed by atoms with Crippen molar-refractivity contribution >= 4 is 23.2 Å². The Kier molecular flexibility index (Phi) is 4.57. The van der Waals surface area contributed by atoms with Crippen LogP contribution >= 0.6 is 0 Å². The average Bonchev–Trinajstić information content (AvgIpc) is 3.16. The van der Waals surface area contributed by atoms with Gasteiger partial charge in [-0.05, 0) is 42.3 Å². The Hall–Kier alpha value is -3.61. The standard InChI is InChI=1S/C20H18N4O3/c1-2-13-3-5-14(6-4-13)23-20-21-10-9-16(24-20)19(25)22-15-7-8-17-18(11-15)27-12-26-17/h3-11H,2,12H2,1H3,(H,22,25)(H,21,23,24). The summed E-state index contributed by atoms with van der Waals surface area (Å²) in [6, 6.07) is 14.8. The van der Waals surface area contributed by atoms with Gasteiger partial charge in [-0.2, -0.15) is 0 Å². The normalized spacial score (nSPS) is 11.9. The molecule has 3 aromatic rings. The van der Waals surface area contributed by atoms with E-state index in [1.54, 1.807) is 30.5 Å². The van der Waals surface area contributed by atoms with Crippen molar-refractivity contribution in [2.24, 2.45) is 0 Å². The van der Waals surface area contributed by atoms with E-state index in [1.165, 1.54) is 5.56 Å². The van der Waals surface area contributed by atoms with E-state index in [9.17, 15) is 4.79 Å². The van der Waals surface area contributed by atoms with Crippen molar-refractivity contribution in [2.75, 3.05) is 17.4 Å². The third-order valence-electron chi connectivity index (χ3n) is 4.14. The number of hydrogen-bond acceptors (Lipinski definition) is 6. The zero-order valence-corrected chi connectivity index (χ0v) is 14.7. The predicted octanol–water partition coefficient (Wildman–Crippen LogP) is 3.76. The number of rotatable bonds is 5. The van der Waals surface area contributed by atoms with Crippen LogP contribution in [0.3, 0.4) is 0 Å². The zero-order valence-electron chi connectivity index (χ0n) is 14.7. The van der Waals surface area contributed by atoms with Gasteiger partial charge in [0, 0.05) is 23.6 Å². The molecule has 0 atom stereocenters. The number of aryl methyl sites for hydroxylation is 1. The topological polar surface area (TPSA) is 85.4 Å². The predicted molar refractivity (Wildman–Crippen MR) is 102 cm³/mol. The van der Waals surface area contributed by atoms with Gasteiger partial charge in [-0.25, -0.2) is 9.97 Å². The Morgan fingerprint density at radius 2 is 1.81 bits per heavy atom. The molecule has 0 aliphatic carbocycles. The van der Waals surface area contributed by atoms with E-state index in [-0.39, 0.29) is 18.4 Å². The minimum atomic E-state index is -0.333. The molecule has 1 amide bonds. The number of ether oxygens (including phenoxy) is 2. The number of carbonyl (C=O) groups excluding carboxylic acids is 1. The Bertz CT molecular complexity index is 973. The van der Waals surface area contributed by atoms with Crippen molar-refractivity contribution in [1.82, 2.24) is 9.97 Å². The molecule has 0 spiro atoms. The molecule has 0 saturated carbocycles. The van der Waals surface area contributed by atoms with Gasteiger partial charge in [0.1, 0.15) is 5.69 Å². The first kappa shape index (κ1) is 16.8. The summed E-state index contributed by atoms with van der Waals surface area (Å²) in [5.74, 6) is 1.29. The Labute approximate surface area is 156 Å². The van der Waals surface area contributed by atoms with Gasteiger partial charge in [0.25, 0.3) is 5.91 Å². The van der Waals surface area contributed by atoms with Gasteiger partial charge in [0.15, 0.2) is 11.5 Å². The molecular weight excluding hydrogens is 344 g/mol. The van der Waals surface area contributed by atoms with Gasteiger partial charge in [-0.1, -0.05) is 19.1 Å². The molecule has 2 N–H and O–H groups in total. The minimum Gasteiger partial charge on any atom is -0.454 e. The Balaban J connectivity index is 1.47. The van der Waals surface area contributed by atoms with E-state index in [4.69, 9.17) is 9.47 Å². The van der Waals surface area contributed by atoms with Crippen molar-refractivity contribution in [3.05, 3.63) is 66.0 Å². The highest BCUT2D eigenvalue weighted by atomic mass is 16.7. The SMILES string of the molecule is CCc1ccc(Nc2nccc(C(=O)Nc3ccc4c(c3)OCO4)n2)cc1. The highest BCUT2D eigenvalue weighted by Gasteiger charge is 2.15. The largest absolute Gasteiger partial charge is 0.454 e. The van der Waals surface area contributed by atoms with Crippen molar-refractivity contribution in [2.45, 2.75) is 13.3 Å². The molecule has 2 aromatic carbocycles. The number of anilines is 3. The Morgan fingerprint density at radius 3 is 2.63 bits per heavy atom. The number of carbonyl (C=O) groups is 1. The van der Waals surface area contributed by atoms with Gasteiger partial charge in [-0.3, -0.25) is 4.79 Å². The molecule has 4 rings (SSSR count). The number of aromatic nitrogens is 2. The third-order valence-corrected chi connectivity index (χ3v) is 4.14. The quantitative estimate of drug-likeness (QED) is 0.719.